The average Bonchev–Trinajstić information content (AvgIpc) is 2.57. The zero-order valence-electron chi connectivity index (χ0n) is 11.4. The summed E-state index contributed by atoms with van der Waals surface area (Å²) in [5.41, 5.74) is 11.7. The molecule has 0 fully saturated rings. The Balaban J connectivity index is 2.21. The highest BCUT2D eigenvalue weighted by Crippen LogP contribution is 2.18. The first-order valence-electron chi connectivity index (χ1n) is 6.15. The predicted octanol–water partition coefficient (Wildman–Crippen LogP) is 1.98. The molecule has 0 radical (unpaired) electrons. The third kappa shape index (κ3) is 2.59. The van der Waals surface area contributed by atoms with Crippen LogP contribution in [0.2, 0.25) is 0 Å². The van der Waals surface area contributed by atoms with Crippen LogP contribution in [0.25, 0.3) is 0 Å². The van der Waals surface area contributed by atoms with Gasteiger partial charge in [0, 0.05) is 25.4 Å². The van der Waals surface area contributed by atoms with E-state index in [9.17, 15) is 0 Å². The first-order chi connectivity index (χ1) is 8.47. The molecule has 96 valence electrons. The standard InChI is InChI=1S/C14H20N4/c1-9-5-10(2)14(16-8-9)13(15)7-12-6-11(3)17-18(12)4/h5-6,8,13H,7,15H2,1-4H3. The smallest absolute Gasteiger partial charge is 0.0604 e. The lowest BCUT2D eigenvalue weighted by molar-refractivity contribution is 0.625. The molecule has 0 aliphatic heterocycles. The van der Waals surface area contributed by atoms with Gasteiger partial charge < -0.3 is 5.73 Å². The Morgan fingerprint density at radius 3 is 2.56 bits per heavy atom. The Morgan fingerprint density at radius 2 is 2.00 bits per heavy atom. The van der Waals surface area contributed by atoms with Gasteiger partial charge in [-0.2, -0.15) is 5.10 Å². The van der Waals surface area contributed by atoms with Crippen molar-refractivity contribution in [2.24, 2.45) is 12.8 Å². The van der Waals surface area contributed by atoms with Gasteiger partial charge in [-0.3, -0.25) is 9.67 Å². The van der Waals surface area contributed by atoms with Gasteiger partial charge >= 0.3 is 0 Å². The molecule has 2 rings (SSSR count). The number of aromatic nitrogens is 3. The number of aryl methyl sites for hydroxylation is 4. The van der Waals surface area contributed by atoms with Gasteiger partial charge in [-0.05, 0) is 38.0 Å². The Bertz CT molecular complexity index is 557. The van der Waals surface area contributed by atoms with Crippen LogP contribution in [-0.2, 0) is 13.5 Å². The molecule has 2 aromatic heterocycles. The van der Waals surface area contributed by atoms with Crippen molar-refractivity contribution >= 4 is 0 Å². The number of hydrogen-bond donors (Lipinski definition) is 1. The van der Waals surface area contributed by atoms with Crippen LogP contribution in [0.3, 0.4) is 0 Å². The first kappa shape index (κ1) is 12.8. The minimum atomic E-state index is -0.0830. The van der Waals surface area contributed by atoms with E-state index in [0.29, 0.717) is 0 Å². The summed E-state index contributed by atoms with van der Waals surface area (Å²) in [7, 11) is 1.95. The minimum absolute atomic E-state index is 0.0830. The fourth-order valence-corrected chi connectivity index (χ4v) is 2.29. The number of nitrogens with zero attached hydrogens (tertiary/aromatic N) is 3. The molecule has 0 aromatic carbocycles. The Hall–Kier alpha value is -1.68. The van der Waals surface area contributed by atoms with E-state index in [1.807, 2.05) is 31.8 Å². The monoisotopic (exact) mass is 244 g/mol. The molecule has 2 aromatic rings. The number of pyridine rings is 1. The summed E-state index contributed by atoms with van der Waals surface area (Å²) in [6.07, 6.45) is 2.63. The topological polar surface area (TPSA) is 56.7 Å². The maximum Gasteiger partial charge on any atom is 0.0604 e. The third-order valence-corrected chi connectivity index (χ3v) is 3.13. The Morgan fingerprint density at radius 1 is 1.28 bits per heavy atom. The summed E-state index contributed by atoms with van der Waals surface area (Å²) < 4.78 is 1.89. The largest absolute Gasteiger partial charge is 0.322 e. The molecule has 2 heterocycles. The van der Waals surface area contributed by atoms with E-state index in [1.54, 1.807) is 0 Å². The van der Waals surface area contributed by atoms with Crippen LogP contribution in [-0.4, -0.2) is 14.8 Å². The van der Waals surface area contributed by atoms with Crippen molar-refractivity contribution in [2.45, 2.75) is 33.2 Å². The molecule has 0 bridgehead atoms. The summed E-state index contributed by atoms with van der Waals surface area (Å²) >= 11 is 0. The zero-order valence-corrected chi connectivity index (χ0v) is 11.4. The summed E-state index contributed by atoms with van der Waals surface area (Å²) in [6, 6.07) is 4.11. The molecule has 1 unspecified atom stereocenters. The summed E-state index contributed by atoms with van der Waals surface area (Å²) in [4.78, 5) is 4.46. The van der Waals surface area contributed by atoms with Gasteiger partial charge in [0.2, 0.25) is 0 Å². The normalized spacial score (nSPS) is 12.7. The second-order valence-electron chi connectivity index (χ2n) is 4.93. The summed E-state index contributed by atoms with van der Waals surface area (Å²) in [6.45, 7) is 6.09. The van der Waals surface area contributed by atoms with Crippen molar-refractivity contribution in [1.82, 2.24) is 14.8 Å². The van der Waals surface area contributed by atoms with E-state index in [0.717, 1.165) is 29.1 Å². The number of nitrogens with two attached hydrogens (primary N) is 1. The molecule has 4 heteroatoms. The van der Waals surface area contributed by atoms with E-state index >= 15 is 0 Å². The second kappa shape index (κ2) is 4.90. The van der Waals surface area contributed by atoms with E-state index in [-0.39, 0.29) is 6.04 Å². The SMILES string of the molecule is Cc1cnc(C(N)Cc2cc(C)nn2C)c(C)c1. The lowest BCUT2D eigenvalue weighted by Crippen LogP contribution is -2.18. The van der Waals surface area contributed by atoms with Gasteiger partial charge in [0.1, 0.15) is 0 Å². The Labute approximate surface area is 108 Å². The maximum atomic E-state index is 6.25. The Kier molecular flexibility index (Phi) is 3.48. The summed E-state index contributed by atoms with van der Waals surface area (Å²) in [5, 5.41) is 4.34. The molecule has 0 amide bonds. The molecule has 0 saturated heterocycles. The van der Waals surface area contributed by atoms with Gasteiger partial charge in [0.25, 0.3) is 0 Å². The molecule has 0 spiro atoms. The molecule has 0 aliphatic carbocycles. The predicted molar refractivity (Wildman–Crippen MR) is 72.3 cm³/mol. The molecule has 0 saturated carbocycles. The van der Waals surface area contributed by atoms with E-state index in [4.69, 9.17) is 5.73 Å². The van der Waals surface area contributed by atoms with E-state index in [1.165, 1.54) is 5.56 Å². The third-order valence-electron chi connectivity index (χ3n) is 3.13. The van der Waals surface area contributed by atoms with E-state index in [2.05, 4.69) is 29.1 Å². The molecule has 18 heavy (non-hydrogen) atoms. The quantitative estimate of drug-likeness (QED) is 0.898. The van der Waals surface area contributed by atoms with Gasteiger partial charge in [0.15, 0.2) is 0 Å². The van der Waals surface area contributed by atoms with Crippen molar-refractivity contribution in [1.29, 1.82) is 0 Å². The second-order valence-corrected chi connectivity index (χ2v) is 4.93. The molecule has 4 nitrogen and oxygen atoms in total. The highest BCUT2D eigenvalue weighted by Gasteiger charge is 2.14. The van der Waals surface area contributed by atoms with Crippen molar-refractivity contribution in [3.8, 4) is 0 Å². The van der Waals surface area contributed by atoms with Crippen molar-refractivity contribution in [3.05, 3.63) is 46.5 Å². The molecule has 0 aliphatic rings. The van der Waals surface area contributed by atoms with Crippen LogP contribution in [0.5, 0.6) is 0 Å². The van der Waals surface area contributed by atoms with Crippen molar-refractivity contribution < 1.29 is 0 Å². The lowest BCUT2D eigenvalue weighted by Gasteiger charge is -2.14. The lowest BCUT2D eigenvalue weighted by atomic mass is 10.0. The maximum absolute atomic E-state index is 6.25. The number of rotatable bonds is 3. The highest BCUT2D eigenvalue weighted by atomic mass is 15.3. The fourth-order valence-electron chi connectivity index (χ4n) is 2.29. The van der Waals surface area contributed by atoms with Crippen molar-refractivity contribution in [2.75, 3.05) is 0 Å². The molecule has 1 atom stereocenters. The first-order valence-corrected chi connectivity index (χ1v) is 6.15. The van der Waals surface area contributed by atoms with Crippen LogP contribution < -0.4 is 5.73 Å². The van der Waals surface area contributed by atoms with Crippen LogP contribution in [0.15, 0.2) is 18.3 Å². The number of hydrogen-bond acceptors (Lipinski definition) is 3. The zero-order chi connectivity index (χ0) is 13.3. The minimum Gasteiger partial charge on any atom is -0.322 e. The fraction of sp³-hybridized carbons (Fsp3) is 0.429. The summed E-state index contributed by atoms with van der Waals surface area (Å²) in [5.74, 6) is 0. The van der Waals surface area contributed by atoms with Crippen LogP contribution in [0.4, 0.5) is 0 Å². The molecule has 2 N–H and O–H groups in total. The van der Waals surface area contributed by atoms with Crippen LogP contribution in [0.1, 0.15) is 34.3 Å². The van der Waals surface area contributed by atoms with Gasteiger partial charge in [-0.25, -0.2) is 0 Å². The molecular formula is C14H20N4. The molecular weight excluding hydrogens is 224 g/mol. The highest BCUT2D eigenvalue weighted by molar-refractivity contribution is 5.26. The van der Waals surface area contributed by atoms with Gasteiger partial charge in [-0.1, -0.05) is 6.07 Å². The van der Waals surface area contributed by atoms with Crippen LogP contribution in [0, 0.1) is 20.8 Å². The van der Waals surface area contributed by atoms with Gasteiger partial charge in [-0.15, -0.1) is 0 Å². The average molecular weight is 244 g/mol. The van der Waals surface area contributed by atoms with Crippen LogP contribution >= 0.6 is 0 Å². The van der Waals surface area contributed by atoms with Gasteiger partial charge in [0.05, 0.1) is 17.4 Å². The van der Waals surface area contributed by atoms with E-state index < -0.39 is 0 Å². The van der Waals surface area contributed by atoms with Crippen molar-refractivity contribution in [3.63, 3.8) is 0 Å².